The second kappa shape index (κ2) is 29.6. The quantitative estimate of drug-likeness (QED) is 0.120. The molecule has 2 heteroatoms. The monoisotopic (exact) mass is 831 g/mol. The highest BCUT2D eigenvalue weighted by atomic mass is 15.1. The molecule has 0 N–H and O–H groups in total. The van der Waals surface area contributed by atoms with Crippen molar-refractivity contribution < 1.29 is 0 Å². The van der Waals surface area contributed by atoms with E-state index in [0.717, 1.165) is 48.2 Å². The van der Waals surface area contributed by atoms with Crippen molar-refractivity contribution in [1.82, 2.24) is 9.47 Å². The van der Waals surface area contributed by atoms with E-state index >= 15 is 0 Å². The maximum atomic E-state index is 4.41. The van der Waals surface area contributed by atoms with Crippen LogP contribution < -0.4 is 0 Å². The molecule has 0 saturated carbocycles. The highest BCUT2D eigenvalue weighted by molar-refractivity contribution is 6.10. The van der Waals surface area contributed by atoms with Crippen molar-refractivity contribution >= 4 is 27.4 Å². The van der Waals surface area contributed by atoms with Gasteiger partial charge in [0.15, 0.2) is 0 Å². The van der Waals surface area contributed by atoms with Crippen molar-refractivity contribution in [1.29, 1.82) is 0 Å². The van der Waals surface area contributed by atoms with Crippen LogP contribution in [0.25, 0.3) is 33.1 Å². The van der Waals surface area contributed by atoms with Crippen LogP contribution in [0.5, 0.6) is 0 Å². The van der Waals surface area contributed by atoms with Gasteiger partial charge in [-0.15, -0.1) is 0 Å². The summed E-state index contributed by atoms with van der Waals surface area (Å²) >= 11 is 0. The van der Waals surface area contributed by atoms with Gasteiger partial charge in [0, 0.05) is 41.3 Å². The Balaban J connectivity index is 0.00000111. The van der Waals surface area contributed by atoms with Gasteiger partial charge in [0.1, 0.15) is 0 Å². The van der Waals surface area contributed by atoms with Gasteiger partial charge < -0.3 is 9.47 Å². The third-order valence-electron chi connectivity index (χ3n) is 10.3. The smallest absolute Gasteiger partial charge is 0.0544 e. The molecule has 0 fully saturated rings. The van der Waals surface area contributed by atoms with Crippen LogP contribution in [0.15, 0.2) is 181 Å². The molecule has 2 nitrogen and oxygen atoms in total. The van der Waals surface area contributed by atoms with E-state index in [4.69, 9.17) is 0 Å². The van der Waals surface area contributed by atoms with Gasteiger partial charge in [-0.3, -0.25) is 0 Å². The van der Waals surface area contributed by atoms with Crippen LogP contribution in [-0.2, 0) is 6.54 Å². The van der Waals surface area contributed by atoms with Gasteiger partial charge in [0.25, 0.3) is 0 Å². The number of benzene rings is 4. The average molecular weight is 831 g/mol. The molecule has 1 aliphatic rings. The second-order valence-electron chi connectivity index (χ2n) is 14.7. The van der Waals surface area contributed by atoms with Gasteiger partial charge in [0.05, 0.1) is 11.0 Å². The fourth-order valence-corrected chi connectivity index (χ4v) is 7.60. The molecule has 0 aliphatic heterocycles. The van der Waals surface area contributed by atoms with Crippen LogP contribution in [0.3, 0.4) is 0 Å². The summed E-state index contributed by atoms with van der Waals surface area (Å²) in [5.41, 5.74) is 15.8. The van der Waals surface area contributed by atoms with Crippen LogP contribution in [0, 0.1) is 19.8 Å². The fraction of sp³-hybridized carbons (Fsp3) is 0.333. The minimum atomic E-state index is 0.678. The molecule has 0 amide bonds. The summed E-state index contributed by atoms with van der Waals surface area (Å²) < 4.78 is 2.44. The Kier molecular flexibility index (Phi) is 26.0. The summed E-state index contributed by atoms with van der Waals surface area (Å²) in [7, 11) is 2.16. The zero-order chi connectivity index (χ0) is 46.8. The number of hydrogen-bond acceptors (Lipinski definition) is 1. The lowest BCUT2D eigenvalue weighted by Gasteiger charge is -2.26. The van der Waals surface area contributed by atoms with Gasteiger partial charge in [0.2, 0.25) is 0 Å². The molecule has 1 aromatic heterocycles. The topological polar surface area (TPSA) is 8.17 Å². The van der Waals surface area contributed by atoms with E-state index in [2.05, 4.69) is 175 Å². The van der Waals surface area contributed by atoms with Crippen molar-refractivity contribution in [2.45, 2.75) is 123 Å². The lowest BCUT2D eigenvalue weighted by molar-refractivity contribution is 0.419. The Morgan fingerprint density at radius 3 is 2.03 bits per heavy atom. The largest absolute Gasteiger partial charge is 0.370 e. The van der Waals surface area contributed by atoms with Crippen LogP contribution in [-0.4, -0.2) is 16.5 Å². The highest BCUT2D eigenvalue weighted by Gasteiger charge is 2.19. The molecule has 0 bridgehead atoms. The summed E-state index contributed by atoms with van der Waals surface area (Å²) in [6.07, 6.45) is 18.0. The van der Waals surface area contributed by atoms with E-state index in [1.165, 1.54) is 60.9 Å². The normalized spacial score (nSPS) is 13.4. The first-order valence-corrected chi connectivity index (χ1v) is 23.3. The Hall–Kier alpha value is -5.60. The number of fused-ring (bicyclic) bond motifs is 3. The maximum Gasteiger partial charge on any atom is 0.0544 e. The van der Waals surface area contributed by atoms with E-state index in [9.17, 15) is 0 Å². The van der Waals surface area contributed by atoms with E-state index in [-0.39, 0.29) is 0 Å². The van der Waals surface area contributed by atoms with Crippen LogP contribution in [0.2, 0.25) is 0 Å². The third kappa shape index (κ3) is 14.8. The first kappa shape index (κ1) is 54.4. The van der Waals surface area contributed by atoms with Crippen LogP contribution in [0.4, 0.5) is 0 Å². The molecule has 4 aromatic carbocycles. The summed E-state index contributed by atoms with van der Waals surface area (Å²) in [5, 5.41) is 2.58. The van der Waals surface area contributed by atoms with E-state index < -0.39 is 0 Å². The number of rotatable bonds is 11. The lowest BCUT2D eigenvalue weighted by Crippen LogP contribution is -2.19. The Labute approximate surface area is 380 Å². The number of allylic oxidation sites excluding steroid dienone is 11. The van der Waals surface area contributed by atoms with E-state index in [1.807, 2.05) is 85.7 Å². The third-order valence-corrected chi connectivity index (χ3v) is 10.3. The predicted molar refractivity (Wildman–Crippen MR) is 283 cm³/mol. The molecular weight excluding hydrogens is 749 g/mol. The molecule has 1 unspecified atom stereocenters. The molecule has 62 heavy (non-hydrogen) atoms. The number of aromatic nitrogens is 1. The highest BCUT2D eigenvalue weighted by Crippen LogP contribution is 2.38. The van der Waals surface area contributed by atoms with Gasteiger partial charge in [-0.2, -0.15) is 0 Å². The van der Waals surface area contributed by atoms with Gasteiger partial charge in [-0.25, -0.2) is 0 Å². The summed E-state index contributed by atoms with van der Waals surface area (Å²) in [4.78, 5) is 2.32. The molecule has 1 aliphatic carbocycles. The molecule has 0 radical (unpaired) electrons. The summed E-state index contributed by atoms with van der Waals surface area (Å²) in [5.74, 6) is 0.678. The van der Waals surface area contributed by atoms with E-state index in [1.54, 1.807) is 6.08 Å². The minimum Gasteiger partial charge on any atom is -0.370 e. The molecule has 6 rings (SSSR count). The number of para-hydroxylation sites is 1. The number of likely N-dealkylation sites (N-methyl/N-ethyl adjacent to an activating group) is 1. The molecule has 0 spiro atoms. The summed E-state index contributed by atoms with van der Waals surface area (Å²) in [6.45, 7) is 42.5. The standard InChI is InChI=1S/C45H50N2.C7H8.4C2H6/c1-10-13-20-32(5)35(8)39(18-11-2)43(12-3)46(9)30-36-21-17-22-37(28-36)47-44-25-15-14-23-40(44)42-29-41(34(7)27-45(42)47)38-24-16-19-31(4)26-33(38)6;1-7-5-3-2-4-6-7;4*1-2/h10,12-18,20-25,27-29,31H,1,5,8,11,19,26,30H2,2-4,6-7,9H3;2-6H,1H3;4*1-2H3/b20-13-,39-18-,43-12+;;;;;. The van der Waals surface area contributed by atoms with Crippen LogP contribution in [0.1, 0.15) is 125 Å². The molecule has 5 aromatic rings. The SMILES string of the molecule is C=C/C=C\C(=C)C(=C)C(=C/CC)/C(=C\C)N(C)Cc1cccc(-n2c3ccccc3c3cc(C4=C(C)CC(C)CC=C4)c(C)cc32)c1.CC.CC.CC.CC.Cc1ccccc1. The molecule has 0 saturated heterocycles. The van der Waals surface area contributed by atoms with Gasteiger partial charge >= 0.3 is 0 Å². The minimum absolute atomic E-state index is 0.678. The van der Waals surface area contributed by atoms with Crippen molar-refractivity contribution in [2.24, 2.45) is 5.92 Å². The van der Waals surface area contributed by atoms with Crippen molar-refractivity contribution in [3.63, 3.8) is 0 Å². The Bertz CT molecular complexity index is 2300. The fourth-order valence-electron chi connectivity index (χ4n) is 7.60. The van der Waals surface area contributed by atoms with Gasteiger partial charge in [-0.05, 0) is 117 Å². The maximum absolute atomic E-state index is 4.41. The van der Waals surface area contributed by atoms with Crippen molar-refractivity contribution in [2.75, 3.05) is 7.05 Å². The second-order valence-corrected chi connectivity index (χ2v) is 14.7. The Morgan fingerprint density at radius 1 is 0.790 bits per heavy atom. The summed E-state index contributed by atoms with van der Waals surface area (Å²) in [6, 6.07) is 32.9. The molecule has 1 heterocycles. The number of nitrogens with zero attached hydrogens (tertiary/aromatic N) is 2. The predicted octanol–water partition coefficient (Wildman–Crippen LogP) is 18.5. The molecular formula is C60H82N2. The van der Waals surface area contributed by atoms with Gasteiger partial charge in [-0.1, -0.05) is 203 Å². The van der Waals surface area contributed by atoms with E-state index in [0.29, 0.717) is 5.92 Å². The first-order valence-electron chi connectivity index (χ1n) is 23.3. The van der Waals surface area contributed by atoms with Crippen molar-refractivity contribution in [3.05, 3.63) is 204 Å². The van der Waals surface area contributed by atoms with Crippen LogP contribution >= 0.6 is 0 Å². The zero-order valence-electron chi connectivity index (χ0n) is 41.6. The zero-order valence-corrected chi connectivity index (χ0v) is 41.6. The number of aryl methyl sites for hydroxylation is 2. The number of hydrogen-bond donors (Lipinski definition) is 0. The van der Waals surface area contributed by atoms with Crippen molar-refractivity contribution in [3.8, 4) is 5.69 Å². The Morgan fingerprint density at radius 2 is 1.44 bits per heavy atom. The molecule has 1 atom stereocenters. The first-order chi connectivity index (χ1) is 30.1. The molecule has 332 valence electrons. The lowest BCUT2D eigenvalue weighted by atomic mass is 9.92. The average Bonchev–Trinajstić information content (AvgIpc) is 3.51.